The quantitative estimate of drug-likeness (QED) is 0.642. The largest absolute Gasteiger partial charge is 0.497 e. The van der Waals surface area contributed by atoms with Crippen molar-refractivity contribution >= 4 is 23.0 Å². The molecule has 6 heteroatoms. The van der Waals surface area contributed by atoms with Crippen LogP contribution in [0.5, 0.6) is 5.75 Å². The van der Waals surface area contributed by atoms with Crippen molar-refractivity contribution in [2.75, 3.05) is 12.5 Å². The highest BCUT2D eigenvalue weighted by Crippen LogP contribution is 2.27. The first-order valence-electron chi connectivity index (χ1n) is 8.36. The van der Waals surface area contributed by atoms with Crippen molar-refractivity contribution in [1.82, 2.24) is 0 Å². The lowest BCUT2D eigenvalue weighted by Crippen LogP contribution is -2.38. The van der Waals surface area contributed by atoms with E-state index in [1.54, 1.807) is 19.2 Å². The van der Waals surface area contributed by atoms with E-state index in [2.05, 4.69) is 10.5 Å². The van der Waals surface area contributed by atoms with Crippen LogP contribution >= 0.6 is 0 Å². The Morgan fingerprint density at radius 2 is 1.88 bits per heavy atom. The minimum absolute atomic E-state index is 0.112. The van der Waals surface area contributed by atoms with Crippen LogP contribution < -0.4 is 15.9 Å². The van der Waals surface area contributed by atoms with Gasteiger partial charge in [-0.1, -0.05) is 24.3 Å². The fourth-order valence-corrected chi connectivity index (χ4v) is 2.97. The maximum Gasteiger partial charge on any atom is 0.271 e. The first kappa shape index (κ1) is 17.7. The third-order valence-electron chi connectivity index (χ3n) is 4.15. The number of aliphatic imine (C=N–C) groups is 1. The molecule has 0 aliphatic carbocycles. The lowest BCUT2D eigenvalue weighted by Gasteiger charge is -2.28. The van der Waals surface area contributed by atoms with Gasteiger partial charge in [-0.2, -0.15) is 5.10 Å². The third-order valence-corrected chi connectivity index (χ3v) is 4.15. The zero-order valence-corrected chi connectivity index (χ0v) is 15.1. The van der Waals surface area contributed by atoms with Crippen LogP contribution in [-0.2, 0) is 11.2 Å². The van der Waals surface area contributed by atoms with Crippen molar-refractivity contribution in [1.29, 1.82) is 0 Å². The molecule has 1 amide bonds. The SMILES string of the molecule is COc1ccc(N/N=C(/C(N)=O)C2=NC(C)(C)Cc3ccccc32)cc1. The maximum absolute atomic E-state index is 12.1. The van der Waals surface area contributed by atoms with Crippen LogP contribution in [0, 0.1) is 0 Å². The van der Waals surface area contributed by atoms with Gasteiger partial charge >= 0.3 is 0 Å². The van der Waals surface area contributed by atoms with Gasteiger partial charge in [0.05, 0.1) is 24.0 Å². The molecular weight excluding hydrogens is 328 g/mol. The van der Waals surface area contributed by atoms with E-state index in [-0.39, 0.29) is 11.3 Å². The second kappa shape index (κ2) is 7.00. The number of ether oxygens (including phenoxy) is 1. The molecule has 134 valence electrons. The zero-order valence-electron chi connectivity index (χ0n) is 15.1. The number of carbonyl (C=O) groups is 1. The van der Waals surface area contributed by atoms with E-state index in [4.69, 9.17) is 15.5 Å². The van der Waals surface area contributed by atoms with E-state index in [9.17, 15) is 4.79 Å². The summed E-state index contributed by atoms with van der Waals surface area (Å²) in [4.78, 5) is 16.8. The molecule has 0 spiro atoms. The molecule has 0 bridgehead atoms. The molecule has 0 saturated carbocycles. The van der Waals surface area contributed by atoms with Gasteiger partial charge in [0.2, 0.25) is 0 Å². The van der Waals surface area contributed by atoms with Gasteiger partial charge in [-0.3, -0.25) is 15.2 Å². The van der Waals surface area contributed by atoms with Crippen LogP contribution in [0.25, 0.3) is 0 Å². The Morgan fingerprint density at radius 1 is 1.19 bits per heavy atom. The summed E-state index contributed by atoms with van der Waals surface area (Å²) >= 11 is 0. The molecule has 3 N–H and O–H groups in total. The van der Waals surface area contributed by atoms with Crippen LogP contribution in [0.3, 0.4) is 0 Å². The van der Waals surface area contributed by atoms with Crippen LogP contribution in [0.2, 0.25) is 0 Å². The van der Waals surface area contributed by atoms with Crippen LogP contribution in [0.4, 0.5) is 5.69 Å². The highest BCUT2D eigenvalue weighted by atomic mass is 16.5. The molecule has 2 aromatic carbocycles. The van der Waals surface area contributed by atoms with Gasteiger partial charge in [0.1, 0.15) is 5.75 Å². The van der Waals surface area contributed by atoms with Gasteiger partial charge in [0.15, 0.2) is 5.71 Å². The Labute approximate surface area is 152 Å². The molecule has 2 aromatic rings. The predicted molar refractivity (Wildman–Crippen MR) is 104 cm³/mol. The standard InChI is InChI=1S/C20H22N4O2/c1-20(2)12-13-6-4-5-7-16(13)17(22-20)18(19(21)25)24-23-14-8-10-15(26-3)11-9-14/h4-11,23H,12H2,1-3H3,(H2,21,25)/b24-18+. The Hall–Kier alpha value is -3.15. The number of rotatable bonds is 5. The lowest BCUT2D eigenvalue weighted by atomic mass is 9.85. The van der Waals surface area contributed by atoms with Gasteiger partial charge in [0.25, 0.3) is 5.91 Å². The second-order valence-corrected chi connectivity index (χ2v) is 6.77. The first-order valence-corrected chi connectivity index (χ1v) is 8.36. The van der Waals surface area contributed by atoms with Gasteiger partial charge in [-0.15, -0.1) is 0 Å². The highest BCUT2D eigenvalue weighted by molar-refractivity contribution is 6.70. The van der Waals surface area contributed by atoms with Crippen molar-refractivity contribution in [2.24, 2.45) is 15.8 Å². The lowest BCUT2D eigenvalue weighted by molar-refractivity contribution is -0.111. The molecule has 6 nitrogen and oxygen atoms in total. The number of primary amides is 1. The molecule has 1 aliphatic heterocycles. The molecule has 0 aromatic heterocycles. The average molecular weight is 350 g/mol. The first-order chi connectivity index (χ1) is 12.4. The minimum Gasteiger partial charge on any atom is -0.497 e. The Morgan fingerprint density at radius 3 is 2.54 bits per heavy atom. The Bertz CT molecular complexity index is 883. The number of amides is 1. The summed E-state index contributed by atoms with van der Waals surface area (Å²) in [5.41, 5.74) is 11.5. The van der Waals surface area contributed by atoms with Gasteiger partial charge < -0.3 is 10.5 Å². The van der Waals surface area contributed by atoms with Crippen molar-refractivity contribution in [3.63, 3.8) is 0 Å². The van der Waals surface area contributed by atoms with Crippen LogP contribution in [0.15, 0.2) is 58.6 Å². The summed E-state index contributed by atoms with van der Waals surface area (Å²) in [6, 6.07) is 15.1. The molecule has 0 atom stereocenters. The number of carbonyl (C=O) groups excluding carboxylic acids is 1. The number of hydrogen-bond donors (Lipinski definition) is 2. The molecule has 3 rings (SSSR count). The highest BCUT2D eigenvalue weighted by Gasteiger charge is 2.30. The molecule has 1 aliphatic rings. The van der Waals surface area contributed by atoms with E-state index >= 15 is 0 Å². The maximum atomic E-state index is 12.1. The van der Waals surface area contributed by atoms with Crippen LogP contribution in [0.1, 0.15) is 25.0 Å². The smallest absolute Gasteiger partial charge is 0.271 e. The summed E-state index contributed by atoms with van der Waals surface area (Å²) in [6.45, 7) is 4.05. The normalized spacial score (nSPS) is 15.7. The zero-order chi connectivity index (χ0) is 18.7. The Balaban J connectivity index is 1.98. The van der Waals surface area contributed by atoms with E-state index in [0.29, 0.717) is 11.4 Å². The molecule has 0 unspecified atom stereocenters. The Kier molecular flexibility index (Phi) is 4.75. The molecule has 0 radical (unpaired) electrons. The molecule has 0 saturated heterocycles. The number of fused-ring (bicyclic) bond motifs is 1. The van der Waals surface area contributed by atoms with Crippen LogP contribution in [-0.4, -0.2) is 30.0 Å². The number of nitrogens with zero attached hydrogens (tertiary/aromatic N) is 2. The van der Waals surface area contributed by atoms with Crippen molar-refractivity contribution in [2.45, 2.75) is 25.8 Å². The summed E-state index contributed by atoms with van der Waals surface area (Å²) < 4.78 is 5.13. The molecule has 1 heterocycles. The number of anilines is 1. The topological polar surface area (TPSA) is 89.1 Å². The fourth-order valence-electron chi connectivity index (χ4n) is 2.97. The monoisotopic (exact) mass is 350 g/mol. The van der Waals surface area contributed by atoms with E-state index in [1.165, 1.54) is 0 Å². The molecule has 0 fully saturated rings. The van der Waals surface area contributed by atoms with Gasteiger partial charge in [-0.25, -0.2) is 0 Å². The van der Waals surface area contributed by atoms with E-state index < -0.39 is 5.91 Å². The van der Waals surface area contributed by atoms with E-state index in [0.717, 1.165) is 23.3 Å². The second-order valence-electron chi connectivity index (χ2n) is 6.77. The summed E-state index contributed by atoms with van der Waals surface area (Å²) in [6.07, 6.45) is 0.796. The number of hydrazone groups is 1. The third kappa shape index (κ3) is 3.74. The average Bonchev–Trinajstić information content (AvgIpc) is 2.61. The molecule has 26 heavy (non-hydrogen) atoms. The molecular formula is C20H22N4O2. The summed E-state index contributed by atoms with van der Waals surface area (Å²) in [5.74, 6) is 0.110. The minimum atomic E-state index is -0.628. The number of nitrogens with two attached hydrogens (primary N) is 1. The van der Waals surface area contributed by atoms with Crippen molar-refractivity contribution < 1.29 is 9.53 Å². The van der Waals surface area contributed by atoms with Gasteiger partial charge in [0, 0.05) is 5.56 Å². The number of nitrogens with one attached hydrogen (secondary N) is 1. The summed E-state index contributed by atoms with van der Waals surface area (Å²) in [7, 11) is 1.60. The number of benzene rings is 2. The number of hydrogen-bond acceptors (Lipinski definition) is 5. The van der Waals surface area contributed by atoms with E-state index in [1.807, 2.05) is 50.2 Å². The van der Waals surface area contributed by atoms with Gasteiger partial charge in [-0.05, 0) is 50.1 Å². The summed E-state index contributed by atoms with van der Waals surface area (Å²) in [5, 5.41) is 4.26. The fraction of sp³-hybridized carbons (Fsp3) is 0.250. The van der Waals surface area contributed by atoms with Crippen molar-refractivity contribution in [3.8, 4) is 5.75 Å². The predicted octanol–water partition coefficient (Wildman–Crippen LogP) is 2.77. The number of methoxy groups -OCH3 is 1. The van der Waals surface area contributed by atoms with Crippen molar-refractivity contribution in [3.05, 3.63) is 59.7 Å².